The van der Waals surface area contributed by atoms with Crippen LogP contribution in [0.3, 0.4) is 0 Å². The van der Waals surface area contributed by atoms with Crippen molar-refractivity contribution in [1.29, 1.82) is 0 Å². The van der Waals surface area contributed by atoms with Crippen molar-refractivity contribution in [3.63, 3.8) is 0 Å². The van der Waals surface area contributed by atoms with Gasteiger partial charge in [0.1, 0.15) is 11.4 Å². The number of fused-ring (bicyclic) bond motifs is 8. The molecule has 0 fully saturated rings. The Kier molecular flexibility index (Phi) is 15.6. The molecule has 0 saturated heterocycles. The maximum absolute atomic E-state index is 8.89. The zero-order chi connectivity index (χ0) is 51.7. The number of aliphatic carboxylic acids is 1. The van der Waals surface area contributed by atoms with E-state index in [2.05, 4.69) is 148 Å². The number of carbonyl (C=O) groups is 1. The van der Waals surface area contributed by atoms with E-state index < -0.39 is 11.6 Å². The van der Waals surface area contributed by atoms with Crippen LogP contribution in [0.25, 0.3) is 90.9 Å². The molecule has 0 saturated carbocycles. The van der Waals surface area contributed by atoms with E-state index in [1.54, 1.807) is 37.2 Å². The van der Waals surface area contributed by atoms with Crippen molar-refractivity contribution in [1.82, 2.24) is 34.9 Å². The van der Waals surface area contributed by atoms with Gasteiger partial charge in [-0.2, -0.15) is 0 Å². The molecule has 4 aromatic carbocycles. The van der Waals surface area contributed by atoms with Crippen molar-refractivity contribution < 1.29 is 36.4 Å². The smallest absolute Gasteiger partial charge is 0.657 e. The largest absolute Gasteiger partial charge is 3.00 e. The molecule has 0 amide bonds. The quantitative estimate of drug-likeness (QED) is 0.0616. The maximum Gasteiger partial charge on any atom is 3.00 e. The van der Waals surface area contributed by atoms with Gasteiger partial charge >= 0.3 is 17.1 Å². The van der Waals surface area contributed by atoms with Gasteiger partial charge in [0.15, 0.2) is 0 Å². The van der Waals surface area contributed by atoms with Gasteiger partial charge in [-0.1, -0.05) is 127 Å². The fourth-order valence-corrected chi connectivity index (χ4v) is 9.79. The van der Waals surface area contributed by atoms with Crippen LogP contribution in [0.2, 0.25) is 0 Å². The zero-order valence-electron chi connectivity index (χ0n) is 41.8. The van der Waals surface area contributed by atoms with Crippen LogP contribution >= 0.6 is 0 Å². The molecule has 8 heterocycles. The van der Waals surface area contributed by atoms with Gasteiger partial charge in [0.2, 0.25) is 0 Å². The second kappa shape index (κ2) is 23.5. The summed E-state index contributed by atoms with van der Waals surface area (Å²) in [6, 6.07) is 59.8. The summed E-state index contributed by atoms with van der Waals surface area (Å²) in [4.78, 5) is 43.4. The van der Waals surface area contributed by atoms with Crippen molar-refractivity contribution in [2.24, 2.45) is 0 Å². The van der Waals surface area contributed by atoms with E-state index >= 15 is 0 Å². The van der Waals surface area contributed by atoms with Crippen LogP contribution in [-0.2, 0) is 32.2 Å². The van der Waals surface area contributed by atoms with Crippen molar-refractivity contribution in [2.45, 2.75) is 18.9 Å². The van der Waals surface area contributed by atoms with Gasteiger partial charge in [-0.05, 0) is 141 Å². The number of ether oxygens (including phenoxy) is 2. The Morgan fingerprint density at radius 3 is 1.08 bits per heavy atom. The molecule has 6 aromatic heterocycles. The Labute approximate surface area is 456 Å². The Morgan fingerprint density at radius 2 is 0.753 bits per heavy atom. The van der Waals surface area contributed by atoms with E-state index in [1.807, 2.05) is 66.7 Å². The molecule has 0 radical (unpaired) electrons. The molecule has 0 aliphatic carbocycles. The van der Waals surface area contributed by atoms with Crippen LogP contribution in [0.1, 0.15) is 52.8 Å². The fraction of sp³-hybridized carbons (Fsp3) is 0.0769. The standard InChI is InChI=1S/C63H45N7O2.C2H4O2.Mn/c1-4-11-47(12-5-1)63(48-13-6-2-7-14-48,49-15-8-3-9-16-49)72-42-10-41-71-50-19-17-43(18-20-50)59-51-21-23-53(67-51)60(44-29-35-64-36-30-44)55-25-27-57(69-55)62(46-33-39-66-40-34-46)58-28-26-56(70-58)61(45-31-37-65-38-32-45)54-24-22-52(59)68-54;1-2(3)4;/h1-9,11-40H,10,41-42H2;1H3,(H,3,4);/q-2;;+3/p-1. The number of carbonyl (C=O) groups excluding carboxylic acids is 1. The molecule has 0 atom stereocenters. The molecule has 0 N–H and O–H groups in total. The second-order valence-corrected chi connectivity index (χ2v) is 17.9. The molecule has 10 aromatic rings. The van der Waals surface area contributed by atoms with Crippen LogP contribution < -0.4 is 19.8 Å². The summed E-state index contributed by atoms with van der Waals surface area (Å²) in [6.45, 7) is 1.90. The summed E-state index contributed by atoms with van der Waals surface area (Å²) in [5.41, 5.74) is 16.0. The van der Waals surface area contributed by atoms with E-state index in [-0.39, 0.29) is 17.1 Å². The molecule has 77 heavy (non-hydrogen) atoms. The summed E-state index contributed by atoms with van der Waals surface area (Å²) in [5.74, 6) is -0.332. The van der Waals surface area contributed by atoms with Crippen LogP contribution in [-0.4, -0.2) is 44.1 Å². The SMILES string of the molecule is C1=Cc2nc1c(-c1ccncc1)c1ccc([n-]1)c(-c1ccncc1)c1nc(c(-c3ccc(OCCCOC(c4ccccc4)(c4ccccc4)c4ccccc4)cc3)c3ccc([n-]3)c2-c2ccncc2)C=C1.CC(=O)[O-].[Mn+3]. The molecule has 11 nitrogen and oxygen atoms in total. The van der Waals surface area contributed by atoms with E-state index in [0.717, 1.165) is 119 Å². The third kappa shape index (κ3) is 10.9. The first-order valence-corrected chi connectivity index (χ1v) is 24.9. The molecule has 8 bridgehead atoms. The van der Waals surface area contributed by atoms with E-state index in [4.69, 9.17) is 39.3 Å². The van der Waals surface area contributed by atoms with Gasteiger partial charge in [0.05, 0.1) is 36.0 Å². The molecule has 2 aliphatic rings. The number of carboxylic acids is 1. The average Bonchev–Trinajstić information content (AvgIpc) is 4.37. The van der Waals surface area contributed by atoms with Gasteiger partial charge in [-0.15, -0.1) is 22.1 Å². The molecule has 12 rings (SSSR count). The summed E-state index contributed by atoms with van der Waals surface area (Å²) in [7, 11) is 0. The first-order valence-electron chi connectivity index (χ1n) is 24.9. The van der Waals surface area contributed by atoms with Gasteiger partial charge in [0.25, 0.3) is 0 Å². The maximum atomic E-state index is 8.89. The number of hydrogen-bond acceptors (Lipinski definition) is 9. The number of hydrogen-bond donors (Lipinski definition) is 0. The number of aromatic nitrogens is 7. The molecule has 2 aliphatic heterocycles. The molecule has 12 heteroatoms. The van der Waals surface area contributed by atoms with Crippen LogP contribution in [0.15, 0.2) is 213 Å². The number of benzene rings is 4. The summed E-state index contributed by atoms with van der Waals surface area (Å²) >= 11 is 0. The minimum atomic E-state index is -1.08. The third-order valence-electron chi connectivity index (χ3n) is 13.1. The van der Waals surface area contributed by atoms with Crippen LogP contribution in [0.4, 0.5) is 0 Å². The molecular formula is C65H48MnN7O4. The van der Waals surface area contributed by atoms with E-state index in [9.17, 15) is 0 Å². The Bertz CT molecular complexity index is 3740. The second-order valence-electron chi connectivity index (χ2n) is 17.9. The topological polar surface area (TPSA) is 151 Å². The third-order valence-corrected chi connectivity index (χ3v) is 13.1. The van der Waals surface area contributed by atoms with Crippen molar-refractivity contribution in [3.8, 4) is 50.3 Å². The summed E-state index contributed by atoms with van der Waals surface area (Å²) in [5, 5.41) is 8.89. The summed E-state index contributed by atoms with van der Waals surface area (Å²) < 4.78 is 13.5. The molecule has 0 spiro atoms. The van der Waals surface area contributed by atoms with Gasteiger partial charge in [-0.3, -0.25) is 15.0 Å². The predicted octanol–water partition coefficient (Wildman–Crippen LogP) is 12.3. The number of pyridine rings is 3. The van der Waals surface area contributed by atoms with Gasteiger partial charge < -0.3 is 29.3 Å². The van der Waals surface area contributed by atoms with E-state index in [1.165, 1.54) is 0 Å². The van der Waals surface area contributed by atoms with Crippen molar-refractivity contribution in [2.75, 3.05) is 13.2 Å². The number of carboxylic acid groups (broad SMARTS) is 1. The van der Waals surface area contributed by atoms with Crippen LogP contribution in [0.5, 0.6) is 5.75 Å². The number of rotatable bonds is 13. The molecule has 0 unspecified atom stereocenters. The first-order chi connectivity index (χ1) is 37.4. The average molecular weight is 1050 g/mol. The Balaban J connectivity index is 0.00000130. The zero-order valence-corrected chi connectivity index (χ0v) is 43.0. The van der Waals surface area contributed by atoms with Crippen LogP contribution in [0, 0.1) is 0 Å². The molecule has 374 valence electrons. The van der Waals surface area contributed by atoms with Gasteiger partial charge in [0, 0.05) is 49.6 Å². The predicted molar refractivity (Wildman–Crippen MR) is 298 cm³/mol. The first kappa shape index (κ1) is 51.2. The van der Waals surface area contributed by atoms with E-state index in [0.29, 0.717) is 19.6 Å². The van der Waals surface area contributed by atoms with Crippen molar-refractivity contribution in [3.05, 3.63) is 253 Å². The number of nitrogens with zero attached hydrogens (tertiary/aromatic N) is 7. The van der Waals surface area contributed by atoms with Gasteiger partial charge in [-0.25, -0.2) is 9.97 Å². The monoisotopic (exact) mass is 1050 g/mol. The minimum absolute atomic E-state index is 0. The van der Waals surface area contributed by atoms with Crippen molar-refractivity contribution >= 4 is 52.3 Å². The summed E-state index contributed by atoms with van der Waals surface area (Å²) in [6.07, 6.45) is 19.7. The normalized spacial score (nSPS) is 11.5. The minimum Gasteiger partial charge on any atom is -0.657 e. The fourth-order valence-electron chi connectivity index (χ4n) is 9.79. The Hall–Kier alpha value is -9.32. The Morgan fingerprint density at radius 1 is 0.442 bits per heavy atom. The molecular weight excluding hydrogens is 998 g/mol.